The highest BCUT2D eigenvalue weighted by atomic mass is 79.9. The molecule has 0 spiro atoms. The van der Waals surface area contributed by atoms with Gasteiger partial charge in [-0.05, 0) is 30.3 Å². The standard InChI is InChI=1S/C17H9BrN2O4/c18-9-5-6-13-12(7-9)17(23)24-14(19-13)8-20-15(21)10-3-1-2-4-11(10)16(20)22/h1-7H,8H2. The number of carbonyl (C=O) groups excluding carboxylic acids is 2. The predicted octanol–water partition coefficient (Wildman–Crippen LogP) is 2.75. The van der Waals surface area contributed by atoms with Crippen LogP contribution in [0.3, 0.4) is 0 Å². The SMILES string of the molecule is O=C1c2ccccc2C(=O)N1Cc1nc2ccc(Br)cc2c(=O)o1. The lowest BCUT2D eigenvalue weighted by atomic mass is 10.1. The molecule has 1 aliphatic heterocycles. The monoisotopic (exact) mass is 384 g/mol. The molecule has 0 saturated carbocycles. The molecule has 0 atom stereocenters. The van der Waals surface area contributed by atoms with Crippen LogP contribution in [-0.2, 0) is 6.54 Å². The summed E-state index contributed by atoms with van der Waals surface area (Å²) in [5.41, 5.74) is 0.568. The number of hydrogen-bond donors (Lipinski definition) is 0. The van der Waals surface area contributed by atoms with Crippen molar-refractivity contribution in [2.75, 3.05) is 0 Å². The van der Waals surface area contributed by atoms with E-state index in [0.29, 0.717) is 22.0 Å². The maximum absolute atomic E-state index is 12.4. The third kappa shape index (κ3) is 2.25. The number of halogens is 1. The van der Waals surface area contributed by atoms with Gasteiger partial charge in [-0.25, -0.2) is 9.78 Å². The molecular weight excluding hydrogens is 376 g/mol. The molecule has 0 aliphatic carbocycles. The van der Waals surface area contributed by atoms with Gasteiger partial charge in [0.2, 0.25) is 5.89 Å². The molecule has 2 aromatic carbocycles. The molecule has 2 heterocycles. The smallest absolute Gasteiger partial charge is 0.346 e. The van der Waals surface area contributed by atoms with Gasteiger partial charge < -0.3 is 4.42 Å². The molecule has 7 heteroatoms. The van der Waals surface area contributed by atoms with Crippen molar-refractivity contribution in [1.29, 1.82) is 0 Å². The summed E-state index contributed by atoms with van der Waals surface area (Å²) in [7, 11) is 0. The molecule has 1 aliphatic rings. The van der Waals surface area contributed by atoms with Crippen LogP contribution in [0.4, 0.5) is 0 Å². The minimum atomic E-state index is -0.562. The molecule has 3 aromatic rings. The molecule has 0 saturated heterocycles. The Morgan fingerprint density at radius 3 is 2.33 bits per heavy atom. The van der Waals surface area contributed by atoms with Gasteiger partial charge in [0.15, 0.2) is 0 Å². The van der Waals surface area contributed by atoms with E-state index in [1.807, 2.05) is 0 Å². The van der Waals surface area contributed by atoms with Gasteiger partial charge in [0, 0.05) is 4.47 Å². The topological polar surface area (TPSA) is 80.5 Å². The largest absolute Gasteiger partial charge is 0.406 e. The number of aromatic nitrogens is 1. The molecule has 0 bridgehead atoms. The molecule has 6 nitrogen and oxygen atoms in total. The molecule has 24 heavy (non-hydrogen) atoms. The van der Waals surface area contributed by atoms with Crippen LogP contribution in [0.1, 0.15) is 26.6 Å². The number of rotatable bonds is 2. The van der Waals surface area contributed by atoms with Crippen LogP contribution in [0.15, 0.2) is 56.1 Å². The van der Waals surface area contributed by atoms with Gasteiger partial charge in [-0.15, -0.1) is 0 Å². The van der Waals surface area contributed by atoms with Crippen molar-refractivity contribution in [2.24, 2.45) is 0 Å². The summed E-state index contributed by atoms with van der Waals surface area (Å²) in [6.07, 6.45) is 0. The average Bonchev–Trinajstić information content (AvgIpc) is 2.81. The van der Waals surface area contributed by atoms with Crippen molar-refractivity contribution < 1.29 is 14.0 Å². The first-order valence-electron chi connectivity index (χ1n) is 7.09. The van der Waals surface area contributed by atoms with E-state index in [2.05, 4.69) is 20.9 Å². The van der Waals surface area contributed by atoms with Crippen LogP contribution in [0, 0.1) is 0 Å². The van der Waals surface area contributed by atoms with Gasteiger partial charge in [-0.3, -0.25) is 14.5 Å². The zero-order chi connectivity index (χ0) is 16.8. The van der Waals surface area contributed by atoms with Gasteiger partial charge in [0.05, 0.1) is 22.0 Å². The number of amides is 2. The molecule has 0 fully saturated rings. The Kier molecular flexibility index (Phi) is 3.31. The highest BCUT2D eigenvalue weighted by molar-refractivity contribution is 9.10. The summed E-state index contributed by atoms with van der Waals surface area (Å²) in [4.78, 5) is 42.1. The first kappa shape index (κ1) is 14.8. The van der Waals surface area contributed by atoms with E-state index in [4.69, 9.17) is 4.42 Å². The first-order chi connectivity index (χ1) is 11.5. The lowest BCUT2D eigenvalue weighted by molar-refractivity contribution is 0.0626. The Bertz CT molecular complexity index is 1040. The molecule has 4 rings (SSSR count). The number of benzene rings is 2. The zero-order valence-electron chi connectivity index (χ0n) is 12.2. The third-order valence-corrected chi connectivity index (χ3v) is 4.30. The van der Waals surface area contributed by atoms with Gasteiger partial charge >= 0.3 is 5.63 Å². The molecule has 0 N–H and O–H groups in total. The average molecular weight is 385 g/mol. The second-order valence-corrected chi connectivity index (χ2v) is 6.21. The normalized spacial score (nSPS) is 13.6. The summed E-state index contributed by atoms with van der Waals surface area (Å²) in [5, 5.41) is 0.329. The second kappa shape index (κ2) is 5.38. The Balaban J connectivity index is 1.73. The second-order valence-electron chi connectivity index (χ2n) is 5.30. The number of hydrogen-bond acceptors (Lipinski definition) is 5. The van der Waals surface area contributed by atoms with E-state index in [-0.39, 0.29) is 12.4 Å². The molecular formula is C17H9BrN2O4. The molecule has 0 radical (unpaired) electrons. The minimum Gasteiger partial charge on any atom is -0.406 e. The first-order valence-corrected chi connectivity index (χ1v) is 7.88. The van der Waals surface area contributed by atoms with Crippen LogP contribution in [0.5, 0.6) is 0 Å². The van der Waals surface area contributed by atoms with E-state index in [9.17, 15) is 14.4 Å². The number of carbonyl (C=O) groups is 2. The van der Waals surface area contributed by atoms with Crippen molar-refractivity contribution in [3.8, 4) is 0 Å². The Morgan fingerprint density at radius 1 is 1.00 bits per heavy atom. The molecule has 0 unspecified atom stereocenters. The summed E-state index contributed by atoms with van der Waals surface area (Å²) < 4.78 is 5.90. The van der Waals surface area contributed by atoms with E-state index in [0.717, 1.165) is 9.37 Å². The van der Waals surface area contributed by atoms with Gasteiger partial charge in [-0.1, -0.05) is 28.1 Å². The number of nitrogens with zero attached hydrogens (tertiary/aromatic N) is 2. The van der Waals surface area contributed by atoms with Gasteiger partial charge in [-0.2, -0.15) is 0 Å². The van der Waals surface area contributed by atoms with Crippen LogP contribution >= 0.6 is 15.9 Å². The molecule has 1 aromatic heterocycles. The number of fused-ring (bicyclic) bond motifs is 2. The maximum atomic E-state index is 12.4. The summed E-state index contributed by atoms with van der Waals surface area (Å²) >= 11 is 3.28. The highest BCUT2D eigenvalue weighted by Gasteiger charge is 2.35. The zero-order valence-corrected chi connectivity index (χ0v) is 13.7. The Labute approximate surface area is 143 Å². The van der Waals surface area contributed by atoms with Crippen LogP contribution in [0.25, 0.3) is 10.9 Å². The minimum absolute atomic E-state index is 0.0179. The quantitative estimate of drug-likeness (QED) is 0.634. The third-order valence-electron chi connectivity index (χ3n) is 3.81. The van der Waals surface area contributed by atoms with Gasteiger partial charge in [0.25, 0.3) is 11.8 Å². The van der Waals surface area contributed by atoms with Crippen LogP contribution in [0.2, 0.25) is 0 Å². The van der Waals surface area contributed by atoms with E-state index in [1.165, 1.54) is 0 Å². The van der Waals surface area contributed by atoms with Crippen molar-refractivity contribution in [3.05, 3.63) is 74.4 Å². The van der Waals surface area contributed by atoms with Crippen molar-refractivity contribution in [2.45, 2.75) is 6.54 Å². The summed E-state index contributed by atoms with van der Waals surface area (Å²) in [6.45, 7) is -0.187. The highest BCUT2D eigenvalue weighted by Crippen LogP contribution is 2.24. The van der Waals surface area contributed by atoms with Crippen molar-refractivity contribution >= 4 is 38.6 Å². The maximum Gasteiger partial charge on any atom is 0.346 e. The summed E-state index contributed by atoms with van der Waals surface area (Å²) in [6, 6.07) is 11.6. The van der Waals surface area contributed by atoms with Crippen molar-refractivity contribution in [1.82, 2.24) is 9.88 Å². The predicted molar refractivity (Wildman–Crippen MR) is 88.6 cm³/mol. The van der Waals surface area contributed by atoms with E-state index in [1.54, 1.807) is 42.5 Å². The fourth-order valence-electron chi connectivity index (χ4n) is 2.67. The van der Waals surface area contributed by atoms with E-state index < -0.39 is 17.4 Å². The van der Waals surface area contributed by atoms with E-state index >= 15 is 0 Å². The Morgan fingerprint density at radius 2 is 1.67 bits per heavy atom. The van der Waals surface area contributed by atoms with Crippen LogP contribution in [-0.4, -0.2) is 21.7 Å². The molecule has 118 valence electrons. The molecule has 2 amide bonds. The lowest BCUT2D eigenvalue weighted by Crippen LogP contribution is -2.30. The summed E-state index contributed by atoms with van der Waals surface area (Å²) in [5.74, 6) is -0.823. The fourth-order valence-corrected chi connectivity index (χ4v) is 3.04. The lowest BCUT2D eigenvalue weighted by Gasteiger charge is -2.12. The van der Waals surface area contributed by atoms with Gasteiger partial charge in [0.1, 0.15) is 6.54 Å². The van der Waals surface area contributed by atoms with Crippen molar-refractivity contribution in [3.63, 3.8) is 0 Å². The van der Waals surface area contributed by atoms with Crippen LogP contribution < -0.4 is 5.63 Å². The Hall–Kier alpha value is -2.80. The fraction of sp³-hybridized carbons (Fsp3) is 0.0588. The number of imide groups is 1.